The van der Waals surface area contributed by atoms with Crippen LogP contribution >= 0.6 is 22.9 Å². The van der Waals surface area contributed by atoms with Crippen LogP contribution in [0.2, 0.25) is 5.02 Å². The summed E-state index contributed by atoms with van der Waals surface area (Å²) in [6, 6.07) is 10.6. The summed E-state index contributed by atoms with van der Waals surface area (Å²) in [6.07, 6.45) is 1.17. The molecule has 1 aromatic heterocycles. The van der Waals surface area contributed by atoms with E-state index in [1.165, 1.54) is 9.78 Å². The van der Waals surface area contributed by atoms with Crippen molar-refractivity contribution >= 4 is 40.4 Å². The Morgan fingerprint density at radius 1 is 1.23 bits per heavy atom. The van der Waals surface area contributed by atoms with Gasteiger partial charge in [-0.1, -0.05) is 17.7 Å². The molecule has 1 aromatic carbocycles. The number of halogens is 1. The van der Waals surface area contributed by atoms with Crippen molar-refractivity contribution in [3.8, 4) is 0 Å². The van der Waals surface area contributed by atoms with Crippen molar-refractivity contribution in [1.82, 2.24) is 0 Å². The van der Waals surface area contributed by atoms with Crippen molar-refractivity contribution in [3.05, 3.63) is 51.7 Å². The fourth-order valence-electron chi connectivity index (χ4n) is 2.58. The molecule has 1 atom stereocenters. The van der Waals surface area contributed by atoms with Gasteiger partial charge < -0.3 is 5.32 Å². The normalized spacial score (nSPS) is 18.2. The molecule has 1 fully saturated rings. The molecule has 0 unspecified atom stereocenters. The number of benzene rings is 1. The number of anilines is 1. The molecular formula is C16H16ClN2O2S+. The van der Waals surface area contributed by atoms with Gasteiger partial charge in [-0.15, -0.1) is 11.3 Å². The maximum Gasteiger partial charge on any atom is 0.292 e. The highest BCUT2D eigenvalue weighted by Gasteiger charge is 2.41. The summed E-state index contributed by atoms with van der Waals surface area (Å²) in [5, 5.41) is 4.60. The Kier molecular flexibility index (Phi) is 4.57. The lowest BCUT2D eigenvalue weighted by molar-refractivity contribution is -0.674. The van der Waals surface area contributed by atoms with Crippen LogP contribution < -0.4 is 10.2 Å². The van der Waals surface area contributed by atoms with Gasteiger partial charge in [0.2, 0.25) is 5.91 Å². The molecule has 114 valence electrons. The van der Waals surface area contributed by atoms with Crippen LogP contribution in [-0.2, 0) is 16.0 Å². The zero-order valence-corrected chi connectivity index (χ0v) is 13.4. The van der Waals surface area contributed by atoms with Crippen molar-refractivity contribution in [3.63, 3.8) is 0 Å². The molecule has 3 rings (SSSR count). The van der Waals surface area contributed by atoms with Crippen molar-refractivity contribution in [1.29, 1.82) is 0 Å². The summed E-state index contributed by atoms with van der Waals surface area (Å²) >= 11 is 7.55. The van der Waals surface area contributed by atoms with Gasteiger partial charge in [-0.25, -0.2) is 4.90 Å². The van der Waals surface area contributed by atoms with E-state index in [2.05, 4.69) is 6.07 Å². The highest BCUT2D eigenvalue weighted by atomic mass is 35.5. The molecule has 0 aliphatic carbocycles. The molecule has 2 N–H and O–H groups in total. The van der Waals surface area contributed by atoms with Gasteiger partial charge in [0.1, 0.15) is 0 Å². The summed E-state index contributed by atoms with van der Waals surface area (Å²) in [5.74, 6) is -0.289. The van der Waals surface area contributed by atoms with E-state index in [0.717, 1.165) is 13.0 Å². The monoisotopic (exact) mass is 335 g/mol. The van der Waals surface area contributed by atoms with E-state index in [-0.39, 0.29) is 24.3 Å². The number of rotatable bonds is 5. The fourth-order valence-corrected chi connectivity index (χ4v) is 3.43. The zero-order chi connectivity index (χ0) is 15.5. The minimum absolute atomic E-state index is 0.140. The largest absolute Gasteiger partial charge is 0.335 e. The van der Waals surface area contributed by atoms with Crippen LogP contribution in [0.25, 0.3) is 0 Å². The highest BCUT2D eigenvalue weighted by Crippen LogP contribution is 2.23. The third kappa shape index (κ3) is 3.21. The summed E-state index contributed by atoms with van der Waals surface area (Å²) in [5.41, 5.74) is 0.591. The number of carbonyl (C=O) groups excluding carboxylic acids is 2. The van der Waals surface area contributed by atoms with Crippen molar-refractivity contribution in [2.24, 2.45) is 0 Å². The van der Waals surface area contributed by atoms with Gasteiger partial charge in [0.05, 0.1) is 18.7 Å². The van der Waals surface area contributed by atoms with Crippen LogP contribution in [0.1, 0.15) is 11.3 Å². The number of imide groups is 1. The Morgan fingerprint density at radius 2 is 2.00 bits per heavy atom. The maximum atomic E-state index is 12.4. The lowest BCUT2D eigenvalue weighted by Gasteiger charge is -2.14. The van der Waals surface area contributed by atoms with Gasteiger partial charge >= 0.3 is 0 Å². The zero-order valence-electron chi connectivity index (χ0n) is 11.9. The van der Waals surface area contributed by atoms with Gasteiger partial charge in [-0.3, -0.25) is 9.59 Å². The summed E-state index contributed by atoms with van der Waals surface area (Å²) in [7, 11) is 0. The van der Waals surface area contributed by atoms with Crippen molar-refractivity contribution in [2.75, 3.05) is 11.4 Å². The first-order valence-corrected chi connectivity index (χ1v) is 8.39. The number of thiophene rings is 1. The molecule has 2 heterocycles. The maximum absolute atomic E-state index is 12.4. The van der Waals surface area contributed by atoms with Crippen molar-refractivity contribution in [2.45, 2.75) is 18.9 Å². The van der Waals surface area contributed by atoms with Crippen LogP contribution in [-0.4, -0.2) is 24.4 Å². The molecule has 22 heavy (non-hydrogen) atoms. The van der Waals surface area contributed by atoms with E-state index < -0.39 is 0 Å². The number of hydrogen-bond donors (Lipinski definition) is 1. The number of amides is 2. The second kappa shape index (κ2) is 6.60. The quantitative estimate of drug-likeness (QED) is 0.848. The SMILES string of the molecule is O=C1C[C@H]([NH2+]CCc2cccs2)C(=O)N1c1ccc(Cl)cc1. The molecular weight excluding hydrogens is 320 g/mol. The fraction of sp³-hybridized carbons (Fsp3) is 0.250. The van der Waals surface area contributed by atoms with Gasteiger partial charge in [0, 0.05) is 16.3 Å². The van der Waals surface area contributed by atoms with E-state index in [4.69, 9.17) is 11.6 Å². The second-order valence-electron chi connectivity index (χ2n) is 5.21. The van der Waals surface area contributed by atoms with Gasteiger partial charge in [-0.05, 0) is 35.7 Å². The highest BCUT2D eigenvalue weighted by molar-refractivity contribution is 7.09. The van der Waals surface area contributed by atoms with Crippen LogP contribution in [0, 0.1) is 0 Å². The minimum atomic E-state index is -0.317. The van der Waals surface area contributed by atoms with E-state index >= 15 is 0 Å². The molecule has 1 aliphatic heterocycles. The third-order valence-corrected chi connectivity index (χ3v) is 4.88. The van der Waals surface area contributed by atoms with Crippen LogP contribution in [0.5, 0.6) is 0 Å². The number of nitrogens with two attached hydrogens (primary N) is 1. The average molecular weight is 336 g/mol. The molecule has 2 amide bonds. The summed E-state index contributed by atoms with van der Waals surface area (Å²) < 4.78 is 0. The predicted octanol–water partition coefficient (Wildman–Crippen LogP) is 1.84. The summed E-state index contributed by atoms with van der Waals surface area (Å²) in [4.78, 5) is 27.1. The first kappa shape index (κ1) is 15.2. The second-order valence-corrected chi connectivity index (χ2v) is 6.68. The Morgan fingerprint density at radius 3 is 2.68 bits per heavy atom. The van der Waals surface area contributed by atoms with E-state index in [9.17, 15) is 9.59 Å². The summed E-state index contributed by atoms with van der Waals surface area (Å²) in [6.45, 7) is 0.804. The Hall–Kier alpha value is -1.69. The van der Waals surface area contributed by atoms with E-state index in [1.807, 2.05) is 16.8 Å². The van der Waals surface area contributed by atoms with Gasteiger partial charge in [0.15, 0.2) is 6.04 Å². The van der Waals surface area contributed by atoms with Crippen LogP contribution in [0.15, 0.2) is 41.8 Å². The molecule has 1 saturated heterocycles. The van der Waals surface area contributed by atoms with Gasteiger partial charge in [-0.2, -0.15) is 0 Å². The van der Waals surface area contributed by atoms with Gasteiger partial charge in [0.25, 0.3) is 5.91 Å². The molecule has 0 spiro atoms. The Bertz CT molecular complexity index is 670. The standard InChI is InChI=1S/C16H15ClN2O2S/c17-11-3-5-12(6-4-11)19-15(20)10-14(16(19)21)18-8-7-13-2-1-9-22-13/h1-6,9,14,18H,7-8,10H2/p+1/t14-/m0/s1. The number of quaternary nitrogens is 1. The lowest BCUT2D eigenvalue weighted by Crippen LogP contribution is -2.92. The third-order valence-electron chi connectivity index (χ3n) is 3.69. The first-order valence-electron chi connectivity index (χ1n) is 7.13. The van der Waals surface area contributed by atoms with Crippen molar-refractivity contribution < 1.29 is 14.9 Å². The van der Waals surface area contributed by atoms with Crippen LogP contribution in [0.3, 0.4) is 0 Å². The number of nitrogens with zero attached hydrogens (tertiary/aromatic N) is 1. The smallest absolute Gasteiger partial charge is 0.292 e. The molecule has 1 aliphatic rings. The number of carbonyl (C=O) groups is 2. The number of hydrogen-bond acceptors (Lipinski definition) is 3. The van der Waals surface area contributed by atoms with E-state index in [1.54, 1.807) is 35.6 Å². The lowest BCUT2D eigenvalue weighted by atomic mass is 10.2. The molecule has 0 saturated carbocycles. The first-order chi connectivity index (χ1) is 10.6. The molecule has 0 radical (unpaired) electrons. The predicted molar refractivity (Wildman–Crippen MR) is 87.2 cm³/mol. The average Bonchev–Trinajstić information content (AvgIpc) is 3.10. The minimum Gasteiger partial charge on any atom is -0.335 e. The van der Waals surface area contributed by atoms with Crippen LogP contribution in [0.4, 0.5) is 5.69 Å². The molecule has 6 heteroatoms. The Balaban J connectivity index is 1.62. The van der Waals surface area contributed by atoms with E-state index in [0.29, 0.717) is 10.7 Å². The Labute approximate surface area is 137 Å². The molecule has 4 nitrogen and oxygen atoms in total. The topological polar surface area (TPSA) is 54.0 Å². The molecule has 0 bridgehead atoms. The molecule has 2 aromatic rings.